The van der Waals surface area contributed by atoms with Gasteiger partial charge in [0.25, 0.3) is 0 Å². The molecule has 0 aliphatic rings. The van der Waals surface area contributed by atoms with Crippen LogP contribution in [-0.4, -0.2) is 23.7 Å². The monoisotopic (exact) mass is 298 g/mol. The quantitative estimate of drug-likeness (QED) is 0.724. The summed E-state index contributed by atoms with van der Waals surface area (Å²) >= 11 is 1.61. The molecule has 1 aromatic heterocycles. The van der Waals surface area contributed by atoms with Crippen LogP contribution in [-0.2, 0) is 17.8 Å². The summed E-state index contributed by atoms with van der Waals surface area (Å²) in [6.45, 7) is 6.10. The molecule has 1 unspecified atom stereocenters. The van der Waals surface area contributed by atoms with E-state index in [4.69, 9.17) is 5.11 Å². The molecule has 0 aromatic carbocycles. The van der Waals surface area contributed by atoms with Gasteiger partial charge in [-0.05, 0) is 36.8 Å². The zero-order valence-electron chi connectivity index (χ0n) is 12.2. The fourth-order valence-electron chi connectivity index (χ4n) is 1.69. The van der Waals surface area contributed by atoms with Gasteiger partial charge in [0.1, 0.15) is 0 Å². The molecule has 5 nitrogen and oxygen atoms in total. The summed E-state index contributed by atoms with van der Waals surface area (Å²) < 4.78 is 0. The Hall–Kier alpha value is -1.56. The van der Waals surface area contributed by atoms with Gasteiger partial charge in [-0.2, -0.15) is 0 Å². The molecule has 0 bridgehead atoms. The van der Waals surface area contributed by atoms with E-state index < -0.39 is 11.4 Å². The Bertz CT molecular complexity index is 473. The minimum absolute atomic E-state index is 0.121. The largest absolute Gasteiger partial charge is 0.481 e. The molecule has 112 valence electrons. The fourth-order valence-corrected chi connectivity index (χ4v) is 2.60. The molecule has 6 heteroatoms. The molecule has 20 heavy (non-hydrogen) atoms. The molecule has 0 spiro atoms. The maximum atomic E-state index is 11.7. The van der Waals surface area contributed by atoms with E-state index >= 15 is 0 Å². The first-order chi connectivity index (χ1) is 9.42. The summed E-state index contributed by atoms with van der Waals surface area (Å²) in [6, 6.07) is 1.72. The number of amides is 2. The maximum Gasteiger partial charge on any atom is 0.315 e. The van der Waals surface area contributed by atoms with Gasteiger partial charge in [-0.1, -0.05) is 13.8 Å². The third-order valence-electron chi connectivity index (χ3n) is 3.56. The fraction of sp³-hybridized carbons (Fsp3) is 0.571. The Morgan fingerprint density at radius 2 is 2.05 bits per heavy atom. The highest BCUT2D eigenvalue weighted by Crippen LogP contribution is 2.20. The Kier molecular flexibility index (Phi) is 6.01. The molecule has 3 N–H and O–H groups in total. The average Bonchev–Trinajstić information content (AvgIpc) is 2.89. The summed E-state index contributed by atoms with van der Waals surface area (Å²) in [7, 11) is 0. The minimum Gasteiger partial charge on any atom is -0.481 e. The van der Waals surface area contributed by atoms with Crippen LogP contribution in [0.4, 0.5) is 4.79 Å². The van der Waals surface area contributed by atoms with Crippen molar-refractivity contribution in [1.29, 1.82) is 0 Å². The van der Waals surface area contributed by atoms with Crippen molar-refractivity contribution in [3.05, 3.63) is 21.9 Å². The van der Waals surface area contributed by atoms with Crippen LogP contribution in [0.2, 0.25) is 0 Å². The number of carboxylic acid groups (broad SMARTS) is 1. The third kappa shape index (κ3) is 4.23. The molecule has 0 saturated heterocycles. The van der Waals surface area contributed by atoms with E-state index in [1.54, 1.807) is 25.2 Å². The first kappa shape index (κ1) is 16.5. The molecule has 2 amide bonds. The van der Waals surface area contributed by atoms with Crippen LogP contribution in [0.5, 0.6) is 0 Å². The number of aliphatic carboxylic acids is 1. The zero-order chi connectivity index (χ0) is 15.2. The molecular weight excluding hydrogens is 276 g/mol. The molecule has 0 fully saturated rings. The molecule has 1 heterocycles. The van der Waals surface area contributed by atoms with Crippen LogP contribution < -0.4 is 10.6 Å². The zero-order valence-corrected chi connectivity index (χ0v) is 13.0. The van der Waals surface area contributed by atoms with Gasteiger partial charge >= 0.3 is 12.0 Å². The lowest BCUT2D eigenvalue weighted by molar-refractivity contribution is -0.147. The minimum atomic E-state index is -0.922. The van der Waals surface area contributed by atoms with Crippen molar-refractivity contribution in [3.8, 4) is 0 Å². The van der Waals surface area contributed by atoms with Crippen LogP contribution in [0.25, 0.3) is 0 Å². The second-order valence-electron chi connectivity index (χ2n) is 4.98. The van der Waals surface area contributed by atoms with Gasteiger partial charge in [0, 0.05) is 11.4 Å². The molecule has 1 rings (SSSR count). The number of nitrogens with one attached hydrogen (secondary N) is 2. The number of carboxylic acids is 1. The number of aryl methyl sites for hydroxylation is 1. The first-order valence-corrected chi connectivity index (χ1v) is 7.61. The topological polar surface area (TPSA) is 78.4 Å². The summed E-state index contributed by atoms with van der Waals surface area (Å²) in [5.74, 6) is -0.896. The van der Waals surface area contributed by atoms with E-state index in [-0.39, 0.29) is 12.6 Å². The lowest BCUT2D eigenvalue weighted by Gasteiger charge is -2.23. The van der Waals surface area contributed by atoms with Crippen molar-refractivity contribution < 1.29 is 14.7 Å². The lowest BCUT2D eigenvalue weighted by Crippen LogP contribution is -2.44. The Morgan fingerprint density at radius 3 is 2.60 bits per heavy atom. The van der Waals surface area contributed by atoms with E-state index in [0.29, 0.717) is 13.0 Å². The molecular formula is C14H22N2O3S. The van der Waals surface area contributed by atoms with Gasteiger partial charge < -0.3 is 15.7 Å². The highest BCUT2D eigenvalue weighted by molar-refractivity contribution is 7.10. The Morgan fingerprint density at radius 1 is 1.35 bits per heavy atom. The normalized spacial score (nSPS) is 13.6. The van der Waals surface area contributed by atoms with Gasteiger partial charge in [0.15, 0.2) is 0 Å². The highest BCUT2D eigenvalue weighted by atomic mass is 32.1. The second-order valence-corrected chi connectivity index (χ2v) is 5.98. The van der Waals surface area contributed by atoms with E-state index in [1.165, 1.54) is 5.56 Å². The summed E-state index contributed by atoms with van der Waals surface area (Å²) in [5.41, 5.74) is 0.314. The molecule has 0 aliphatic heterocycles. The van der Waals surface area contributed by atoms with E-state index in [1.807, 2.05) is 5.38 Å². The Labute approximate surface area is 123 Å². The maximum absolute atomic E-state index is 11.7. The van der Waals surface area contributed by atoms with Gasteiger partial charge in [0.05, 0.1) is 12.0 Å². The third-order valence-corrected chi connectivity index (χ3v) is 4.53. The van der Waals surface area contributed by atoms with Crippen molar-refractivity contribution >= 4 is 23.3 Å². The number of hydrogen-bond acceptors (Lipinski definition) is 3. The average molecular weight is 298 g/mol. The number of hydrogen-bond donors (Lipinski definition) is 3. The molecule has 1 atom stereocenters. The van der Waals surface area contributed by atoms with Crippen LogP contribution >= 0.6 is 11.3 Å². The van der Waals surface area contributed by atoms with Crippen LogP contribution in [0, 0.1) is 5.41 Å². The van der Waals surface area contributed by atoms with Crippen LogP contribution in [0.3, 0.4) is 0 Å². The number of urea groups is 1. The summed E-state index contributed by atoms with van der Waals surface area (Å²) in [4.78, 5) is 24.0. The predicted molar refractivity (Wildman–Crippen MR) is 80.0 cm³/mol. The van der Waals surface area contributed by atoms with E-state index in [9.17, 15) is 9.59 Å². The van der Waals surface area contributed by atoms with Gasteiger partial charge in [-0.25, -0.2) is 4.79 Å². The van der Waals surface area contributed by atoms with Gasteiger partial charge in [-0.3, -0.25) is 4.79 Å². The van der Waals surface area contributed by atoms with E-state index in [2.05, 4.69) is 23.6 Å². The summed E-state index contributed by atoms with van der Waals surface area (Å²) in [5, 5.41) is 16.5. The smallest absolute Gasteiger partial charge is 0.315 e. The van der Waals surface area contributed by atoms with Gasteiger partial charge in [-0.15, -0.1) is 11.3 Å². The SMILES string of the molecule is CCc1ccsc1CNC(=O)NCC(C)(CC)C(=O)O. The number of thiophene rings is 1. The number of carbonyl (C=O) groups excluding carboxylic acids is 1. The number of carbonyl (C=O) groups is 2. The Balaban J connectivity index is 2.43. The van der Waals surface area contributed by atoms with E-state index in [0.717, 1.165) is 11.3 Å². The van der Waals surface area contributed by atoms with Crippen LogP contribution in [0.15, 0.2) is 11.4 Å². The van der Waals surface area contributed by atoms with Crippen molar-refractivity contribution in [2.75, 3.05) is 6.54 Å². The lowest BCUT2D eigenvalue weighted by atomic mass is 9.88. The highest BCUT2D eigenvalue weighted by Gasteiger charge is 2.31. The molecule has 0 radical (unpaired) electrons. The molecule has 0 saturated carbocycles. The van der Waals surface area contributed by atoms with Crippen molar-refractivity contribution in [2.45, 2.75) is 40.2 Å². The predicted octanol–water partition coefficient (Wildman–Crippen LogP) is 2.61. The second kappa shape index (κ2) is 7.28. The molecule has 1 aromatic rings. The number of rotatable bonds is 7. The van der Waals surface area contributed by atoms with Crippen molar-refractivity contribution in [1.82, 2.24) is 10.6 Å². The first-order valence-electron chi connectivity index (χ1n) is 6.73. The molecule has 0 aliphatic carbocycles. The van der Waals surface area contributed by atoms with Crippen LogP contribution in [0.1, 0.15) is 37.6 Å². The summed E-state index contributed by atoms with van der Waals surface area (Å²) in [6.07, 6.45) is 1.41. The standard InChI is InChI=1S/C14H22N2O3S/c1-4-10-6-7-20-11(10)8-15-13(19)16-9-14(3,5-2)12(17)18/h6-7H,4-5,8-9H2,1-3H3,(H,17,18)(H2,15,16,19). The van der Waals surface area contributed by atoms with Gasteiger partial charge in [0.2, 0.25) is 0 Å². The van der Waals surface area contributed by atoms with Crippen molar-refractivity contribution in [3.63, 3.8) is 0 Å². The van der Waals surface area contributed by atoms with Crippen molar-refractivity contribution in [2.24, 2.45) is 5.41 Å².